The zero-order chi connectivity index (χ0) is 20.4. The first kappa shape index (κ1) is 19.3. The van der Waals surface area contributed by atoms with E-state index >= 15 is 0 Å². The van der Waals surface area contributed by atoms with Crippen molar-refractivity contribution in [2.45, 2.75) is 16.4 Å². The van der Waals surface area contributed by atoms with Crippen LogP contribution < -0.4 is 0 Å². The maximum atomic E-state index is 13.3. The van der Waals surface area contributed by atoms with E-state index in [4.69, 9.17) is 16.0 Å². The fourth-order valence-corrected chi connectivity index (χ4v) is 3.24. The molecule has 0 atom stereocenters. The highest BCUT2D eigenvalue weighted by atomic mass is 35.5. The lowest BCUT2D eigenvalue weighted by Gasteiger charge is -2.09. The Morgan fingerprint density at radius 2 is 1.72 bits per heavy atom. The molecule has 29 heavy (non-hydrogen) atoms. The molecule has 4 aromatic rings. The van der Waals surface area contributed by atoms with Crippen molar-refractivity contribution in [3.05, 3.63) is 65.6 Å². The molecule has 0 saturated carbocycles. The molecule has 1 aromatic carbocycles. The molecule has 3 aromatic heterocycles. The highest BCUT2D eigenvalue weighted by Crippen LogP contribution is 2.35. The maximum absolute atomic E-state index is 13.3. The molecule has 0 radical (unpaired) electrons. The maximum Gasteiger partial charge on any atom is 0.433 e. The summed E-state index contributed by atoms with van der Waals surface area (Å²) in [7, 11) is 0. The van der Waals surface area contributed by atoms with Crippen LogP contribution in [0.4, 0.5) is 13.2 Å². The van der Waals surface area contributed by atoms with Crippen molar-refractivity contribution in [2.75, 3.05) is 0 Å². The fourth-order valence-electron chi connectivity index (χ4n) is 2.34. The number of pyridine rings is 1. The van der Waals surface area contributed by atoms with Gasteiger partial charge in [0.25, 0.3) is 5.22 Å². The van der Waals surface area contributed by atoms with Crippen LogP contribution in [0, 0.1) is 0 Å². The smallest absolute Gasteiger partial charge is 0.411 e. The predicted molar refractivity (Wildman–Crippen MR) is 99.1 cm³/mol. The van der Waals surface area contributed by atoms with Gasteiger partial charge in [-0.2, -0.15) is 13.2 Å². The van der Waals surface area contributed by atoms with Crippen molar-refractivity contribution >= 4 is 23.4 Å². The second-order valence-electron chi connectivity index (χ2n) is 5.60. The Labute approximate surface area is 171 Å². The zero-order valence-corrected chi connectivity index (χ0v) is 15.8. The quantitative estimate of drug-likeness (QED) is 0.396. The summed E-state index contributed by atoms with van der Waals surface area (Å²) < 4.78 is 45.4. The van der Waals surface area contributed by atoms with Crippen LogP contribution in [0.1, 0.15) is 5.69 Å². The second-order valence-corrected chi connectivity index (χ2v) is 6.98. The SMILES string of the molecule is FC(F)(F)c1cc(Sc2nnc(-c3ccccc3Cl)o2)nc(-c2ccncc2)n1. The lowest BCUT2D eigenvalue weighted by Crippen LogP contribution is -2.10. The fraction of sp³-hybridized carbons (Fsp3) is 0.0556. The van der Waals surface area contributed by atoms with Crippen LogP contribution >= 0.6 is 23.4 Å². The molecule has 0 amide bonds. The summed E-state index contributed by atoms with van der Waals surface area (Å²) in [6.07, 6.45) is -1.75. The van der Waals surface area contributed by atoms with Crippen LogP contribution in [-0.4, -0.2) is 25.1 Å². The van der Waals surface area contributed by atoms with E-state index in [1.165, 1.54) is 24.5 Å². The van der Waals surface area contributed by atoms with Crippen LogP contribution in [-0.2, 0) is 6.18 Å². The summed E-state index contributed by atoms with van der Waals surface area (Å²) in [4.78, 5) is 11.6. The van der Waals surface area contributed by atoms with Gasteiger partial charge < -0.3 is 4.42 Å². The summed E-state index contributed by atoms with van der Waals surface area (Å²) >= 11 is 6.90. The molecular weight excluding hydrogens is 427 g/mol. The molecule has 6 nitrogen and oxygen atoms in total. The van der Waals surface area contributed by atoms with Crippen molar-refractivity contribution in [3.8, 4) is 22.8 Å². The Kier molecular flexibility index (Phi) is 5.20. The number of aromatic nitrogens is 5. The molecule has 0 unspecified atom stereocenters. The summed E-state index contributed by atoms with van der Waals surface area (Å²) in [5, 5.41) is 8.20. The van der Waals surface area contributed by atoms with Gasteiger partial charge >= 0.3 is 6.18 Å². The molecule has 146 valence electrons. The van der Waals surface area contributed by atoms with E-state index in [1.54, 1.807) is 24.3 Å². The standard InChI is InChI=1S/C18H9ClF3N5OS/c19-12-4-2-1-3-11(12)16-26-27-17(28-16)29-14-9-13(18(20,21)22)24-15(25-14)10-5-7-23-8-6-10/h1-9H. The summed E-state index contributed by atoms with van der Waals surface area (Å²) in [6.45, 7) is 0. The molecule has 4 rings (SSSR count). The van der Waals surface area contributed by atoms with Crippen molar-refractivity contribution in [2.24, 2.45) is 0 Å². The molecule has 0 N–H and O–H groups in total. The molecule has 0 bridgehead atoms. The third kappa shape index (κ3) is 4.38. The van der Waals surface area contributed by atoms with E-state index in [0.29, 0.717) is 16.1 Å². The summed E-state index contributed by atoms with van der Waals surface area (Å²) in [5.74, 6) is 0.0631. The Morgan fingerprint density at radius 1 is 0.966 bits per heavy atom. The first-order valence-corrected chi connectivity index (χ1v) is 9.22. The molecule has 0 aliphatic rings. The minimum atomic E-state index is -4.64. The van der Waals surface area contributed by atoms with Crippen LogP contribution in [0.5, 0.6) is 0 Å². The molecule has 0 spiro atoms. The largest absolute Gasteiger partial charge is 0.433 e. The first-order valence-electron chi connectivity index (χ1n) is 8.03. The minimum absolute atomic E-state index is 0.00787. The van der Waals surface area contributed by atoms with E-state index in [2.05, 4.69) is 25.1 Å². The number of alkyl halides is 3. The first-order chi connectivity index (χ1) is 13.9. The van der Waals surface area contributed by atoms with Gasteiger partial charge in [-0.15, -0.1) is 10.2 Å². The predicted octanol–water partition coefficient (Wildman–Crippen LogP) is 5.41. The van der Waals surface area contributed by atoms with Gasteiger partial charge in [0.1, 0.15) is 10.7 Å². The lowest BCUT2D eigenvalue weighted by atomic mass is 10.2. The Hall–Kier alpha value is -2.98. The molecule has 0 aliphatic carbocycles. The van der Waals surface area contributed by atoms with Crippen molar-refractivity contribution in [1.82, 2.24) is 25.1 Å². The number of rotatable bonds is 4. The number of benzene rings is 1. The van der Waals surface area contributed by atoms with Crippen molar-refractivity contribution < 1.29 is 17.6 Å². The number of halogens is 4. The van der Waals surface area contributed by atoms with E-state index in [0.717, 1.165) is 17.8 Å². The van der Waals surface area contributed by atoms with E-state index in [1.807, 2.05) is 0 Å². The van der Waals surface area contributed by atoms with Gasteiger partial charge in [-0.1, -0.05) is 23.7 Å². The molecule has 0 saturated heterocycles. The summed E-state index contributed by atoms with van der Waals surface area (Å²) in [6, 6.07) is 10.7. The van der Waals surface area contributed by atoms with Gasteiger partial charge in [0, 0.05) is 24.0 Å². The zero-order valence-electron chi connectivity index (χ0n) is 14.3. The second kappa shape index (κ2) is 7.80. The number of hydrogen-bond donors (Lipinski definition) is 0. The Balaban J connectivity index is 1.69. The lowest BCUT2D eigenvalue weighted by molar-refractivity contribution is -0.141. The Bertz CT molecular complexity index is 1150. The van der Waals surface area contributed by atoms with Crippen LogP contribution in [0.2, 0.25) is 5.02 Å². The third-order valence-corrected chi connectivity index (χ3v) is 4.72. The van der Waals surface area contributed by atoms with Gasteiger partial charge in [-0.05, 0) is 36.0 Å². The molecule has 0 fully saturated rings. The topological polar surface area (TPSA) is 77.6 Å². The number of nitrogens with zero attached hydrogens (tertiary/aromatic N) is 5. The molecule has 11 heteroatoms. The van der Waals surface area contributed by atoms with E-state index in [9.17, 15) is 13.2 Å². The van der Waals surface area contributed by atoms with Crippen molar-refractivity contribution in [1.29, 1.82) is 0 Å². The van der Waals surface area contributed by atoms with E-state index in [-0.39, 0.29) is 22.0 Å². The van der Waals surface area contributed by atoms with Gasteiger partial charge in [0.2, 0.25) is 5.89 Å². The third-order valence-electron chi connectivity index (χ3n) is 3.63. The average molecular weight is 436 g/mol. The van der Waals surface area contributed by atoms with Crippen LogP contribution in [0.15, 0.2) is 69.5 Å². The van der Waals surface area contributed by atoms with Crippen LogP contribution in [0.25, 0.3) is 22.8 Å². The Morgan fingerprint density at radius 3 is 2.45 bits per heavy atom. The van der Waals surface area contributed by atoms with Gasteiger partial charge in [-0.3, -0.25) is 4.98 Å². The normalized spacial score (nSPS) is 11.6. The highest BCUT2D eigenvalue weighted by Gasteiger charge is 2.34. The molecular formula is C18H9ClF3N5OS. The van der Waals surface area contributed by atoms with Gasteiger partial charge in [-0.25, -0.2) is 9.97 Å². The van der Waals surface area contributed by atoms with E-state index < -0.39 is 11.9 Å². The average Bonchev–Trinajstić information content (AvgIpc) is 3.16. The minimum Gasteiger partial charge on any atom is -0.411 e. The van der Waals surface area contributed by atoms with Crippen LogP contribution in [0.3, 0.4) is 0 Å². The highest BCUT2D eigenvalue weighted by molar-refractivity contribution is 7.99. The number of hydrogen-bond acceptors (Lipinski definition) is 7. The molecule has 3 heterocycles. The molecule has 0 aliphatic heterocycles. The van der Waals surface area contributed by atoms with Gasteiger partial charge in [0.15, 0.2) is 5.82 Å². The monoisotopic (exact) mass is 435 g/mol. The van der Waals surface area contributed by atoms with Gasteiger partial charge in [0.05, 0.1) is 10.6 Å². The summed E-state index contributed by atoms with van der Waals surface area (Å²) in [5.41, 5.74) is -0.160. The van der Waals surface area contributed by atoms with Crippen molar-refractivity contribution in [3.63, 3.8) is 0 Å².